The summed E-state index contributed by atoms with van der Waals surface area (Å²) in [6.45, 7) is 0. The Labute approximate surface area is 116 Å². The van der Waals surface area contributed by atoms with Crippen molar-refractivity contribution >= 4 is 16.9 Å². The minimum absolute atomic E-state index is 0.123. The van der Waals surface area contributed by atoms with Crippen molar-refractivity contribution in [3.05, 3.63) is 40.1 Å². The number of phenols is 3. The van der Waals surface area contributed by atoms with Crippen LogP contribution in [0.1, 0.15) is 10.4 Å². The van der Waals surface area contributed by atoms with Gasteiger partial charge < -0.3 is 24.8 Å². The molecule has 0 saturated heterocycles. The van der Waals surface area contributed by atoms with E-state index < -0.39 is 28.5 Å². The minimum Gasteiger partial charge on any atom is -0.508 e. The number of hydrogen-bond donors (Lipinski definition) is 4. The van der Waals surface area contributed by atoms with E-state index in [0.29, 0.717) is 0 Å². The van der Waals surface area contributed by atoms with Gasteiger partial charge in [0.2, 0.25) is 0 Å². The quantitative estimate of drug-likeness (QED) is 0.502. The summed E-state index contributed by atoms with van der Waals surface area (Å²) in [5.41, 5.74) is -1.30. The molecule has 0 unspecified atom stereocenters. The summed E-state index contributed by atoms with van der Waals surface area (Å²) >= 11 is 0. The molecule has 1 aromatic carbocycles. The van der Waals surface area contributed by atoms with Crippen molar-refractivity contribution < 1.29 is 29.6 Å². The molecule has 3 rings (SSSR count). The van der Waals surface area contributed by atoms with Crippen LogP contribution in [0.4, 0.5) is 0 Å². The molecule has 0 fully saturated rings. The van der Waals surface area contributed by atoms with Crippen LogP contribution in [0.15, 0.2) is 33.5 Å². The highest BCUT2D eigenvalue weighted by atomic mass is 16.4. The van der Waals surface area contributed by atoms with E-state index in [1.807, 2.05) is 0 Å². The van der Waals surface area contributed by atoms with Gasteiger partial charge in [0, 0.05) is 24.3 Å². The number of fused-ring (bicyclic) bond motifs is 2. The SMILES string of the molecule is O=C(O)c1c2c(O)cc(=O)cc-2oc2cc(O)cc(O)c12. The second-order valence-electron chi connectivity index (χ2n) is 4.44. The molecule has 106 valence electrons. The third-order valence-corrected chi connectivity index (χ3v) is 3.05. The number of hydrogen-bond acceptors (Lipinski definition) is 6. The average Bonchev–Trinajstić information content (AvgIpc) is 2.35. The van der Waals surface area contributed by atoms with Gasteiger partial charge >= 0.3 is 5.97 Å². The molecular weight excluding hydrogens is 280 g/mol. The molecule has 1 aliphatic carbocycles. The van der Waals surface area contributed by atoms with Gasteiger partial charge in [-0.15, -0.1) is 0 Å². The molecule has 0 spiro atoms. The van der Waals surface area contributed by atoms with Crippen LogP contribution in [0.25, 0.3) is 22.3 Å². The molecule has 0 bridgehead atoms. The summed E-state index contributed by atoms with van der Waals surface area (Å²) in [5, 5.41) is 38.3. The maximum absolute atomic E-state index is 11.5. The lowest BCUT2D eigenvalue weighted by molar-refractivity contribution is 0.0698. The normalized spacial score (nSPS) is 11.0. The van der Waals surface area contributed by atoms with Crippen molar-refractivity contribution in [1.29, 1.82) is 0 Å². The average molecular weight is 288 g/mol. The Hall–Kier alpha value is -3.22. The molecule has 1 aliphatic heterocycles. The first kappa shape index (κ1) is 12.8. The number of aromatic hydroxyl groups is 3. The molecular formula is C14H8O7. The second-order valence-corrected chi connectivity index (χ2v) is 4.44. The van der Waals surface area contributed by atoms with Gasteiger partial charge in [-0.3, -0.25) is 4.79 Å². The van der Waals surface area contributed by atoms with Gasteiger partial charge in [0.05, 0.1) is 16.5 Å². The van der Waals surface area contributed by atoms with E-state index in [4.69, 9.17) is 4.42 Å². The first-order chi connectivity index (χ1) is 9.88. The molecule has 4 N–H and O–H groups in total. The van der Waals surface area contributed by atoms with E-state index in [0.717, 1.165) is 24.3 Å². The standard InChI is InChI=1S/C14H8O7/c15-5-1-7(17)11-9(3-5)21-10-4-6(16)2-8(18)12(10)13(11)14(19)20/h1-4,15,17-18H,(H,19,20). The van der Waals surface area contributed by atoms with Crippen LogP contribution in [-0.2, 0) is 0 Å². The fourth-order valence-corrected chi connectivity index (χ4v) is 2.28. The number of aromatic carboxylic acids is 1. The Balaban J connectivity index is 2.67. The first-order valence-electron chi connectivity index (χ1n) is 5.77. The summed E-state index contributed by atoms with van der Waals surface area (Å²) < 4.78 is 5.32. The van der Waals surface area contributed by atoms with Gasteiger partial charge in [0.25, 0.3) is 0 Å². The Kier molecular flexibility index (Phi) is 2.52. The van der Waals surface area contributed by atoms with E-state index >= 15 is 0 Å². The largest absolute Gasteiger partial charge is 0.508 e. The number of rotatable bonds is 1. The van der Waals surface area contributed by atoms with Crippen LogP contribution in [0.2, 0.25) is 0 Å². The van der Waals surface area contributed by atoms with Gasteiger partial charge in [-0.1, -0.05) is 0 Å². The van der Waals surface area contributed by atoms with Crippen LogP contribution in [-0.4, -0.2) is 26.4 Å². The number of carboxylic acid groups (broad SMARTS) is 1. The molecule has 0 radical (unpaired) electrons. The molecule has 2 aliphatic rings. The van der Waals surface area contributed by atoms with Crippen LogP contribution >= 0.6 is 0 Å². The second kappa shape index (κ2) is 4.14. The Bertz CT molecular complexity index is 923. The number of carbonyl (C=O) groups is 1. The molecule has 0 amide bonds. The number of benzene rings is 2. The molecule has 7 nitrogen and oxygen atoms in total. The van der Waals surface area contributed by atoms with E-state index in [2.05, 4.69) is 0 Å². The van der Waals surface area contributed by atoms with E-state index in [9.17, 15) is 30.0 Å². The molecule has 7 heteroatoms. The predicted molar refractivity (Wildman–Crippen MR) is 71.1 cm³/mol. The third-order valence-electron chi connectivity index (χ3n) is 3.05. The monoisotopic (exact) mass is 288 g/mol. The first-order valence-corrected chi connectivity index (χ1v) is 5.77. The molecule has 0 aromatic heterocycles. The van der Waals surface area contributed by atoms with E-state index in [1.165, 1.54) is 0 Å². The maximum Gasteiger partial charge on any atom is 0.337 e. The topological polar surface area (TPSA) is 128 Å². The van der Waals surface area contributed by atoms with Crippen molar-refractivity contribution in [3.8, 4) is 28.6 Å². The van der Waals surface area contributed by atoms with Crippen molar-refractivity contribution in [3.63, 3.8) is 0 Å². The third kappa shape index (κ3) is 1.83. The lowest BCUT2D eigenvalue weighted by Crippen LogP contribution is -2.06. The highest BCUT2D eigenvalue weighted by Crippen LogP contribution is 2.42. The van der Waals surface area contributed by atoms with Crippen molar-refractivity contribution in [2.45, 2.75) is 0 Å². The molecule has 1 heterocycles. The van der Waals surface area contributed by atoms with Gasteiger partial charge in [-0.2, -0.15) is 0 Å². The smallest absolute Gasteiger partial charge is 0.337 e. The minimum atomic E-state index is -1.42. The maximum atomic E-state index is 11.5. The summed E-state index contributed by atoms with van der Waals surface area (Å²) in [6.07, 6.45) is 0. The van der Waals surface area contributed by atoms with Crippen molar-refractivity contribution in [1.82, 2.24) is 0 Å². The fourth-order valence-electron chi connectivity index (χ4n) is 2.28. The highest BCUT2D eigenvalue weighted by Gasteiger charge is 2.26. The molecule has 0 saturated carbocycles. The van der Waals surface area contributed by atoms with E-state index in [1.54, 1.807) is 0 Å². The van der Waals surface area contributed by atoms with Crippen molar-refractivity contribution in [2.75, 3.05) is 0 Å². The summed E-state index contributed by atoms with van der Waals surface area (Å²) in [5.74, 6) is -2.99. The van der Waals surface area contributed by atoms with E-state index in [-0.39, 0.29) is 28.0 Å². The Morgan fingerprint density at radius 3 is 2.38 bits per heavy atom. The Morgan fingerprint density at radius 2 is 1.71 bits per heavy atom. The van der Waals surface area contributed by atoms with Gasteiger partial charge in [-0.25, -0.2) is 4.79 Å². The molecule has 1 aromatic rings. The summed E-state index contributed by atoms with van der Waals surface area (Å²) in [7, 11) is 0. The van der Waals surface area contributed by atoms with Gasteiger partial charge in [-0.05, 0) is 0 Å². The van der Waals surface area contributed by atoms with Crippen LogP contribution < -0.4 is 5.43 Å². The predicted octanol–water partition coefficient (Wildman–Crippen LogP) is 1.71. The molecule has 21 heavy (non-hydrogen) atoms. The molecule has 0 atom stereocenters. The Morgan fingerprint density at radius 1 is 1.00 bits per heavy atom. The van der Waals surface area contributed by atoms with Crippen LogP contribution in [0, 0.1) is 0 Å². The lowest BCUT2D eigenvalue weighted by Gasteiger charge is -2.14. The highest BCUT2D eigenvalue weighted by molar-refractivity contribution is 6.11. The number of carboxylic acids is 1. The zero-order chi connectivity index (χ0) is 15.3. The summed E-state index contributed by atoms with van der Waals surface area (Å²) in [4.78, 5) is 22.9. The lowest BCUT2D eigenvalue weighted by atomic mass is 9.98. The zero-order valence-electron chi connectivity index (χ0n) is 10.3. The van der Waals surface area contributed by atoms with Crippen LogP contribution in [0.3, 0.4) is 0 Å². The van der Waals surface area contributed by atoms with Gasteiger partial charge in [0.1, 0.15) is 28.6 Å². The zero-order valence-corrected chi connectivity index (χ0v) is 10.3. The van der Waals surface area contributed by atoms with Crippen LogP contribution in [0.5, 0.6) is 17.2 Å². The van der Waals surface area contributed by atoms with Gasteiger partial charge in [0.15, 0.2) is 5.43 Å². The fraction of sp³-hybridized carbons (Fsp3) is 0. The summed E-state index contributed by atoms with van der Waals surface area (Å²) in [6, 6.07) is 3.93. The van der Waals surface area contributed by atoms with Crippen molar-refractivity contribution in [2.24, 2.45) is 0 Å². The number of phenolic OH excluding ortho intramolecular Hbond substituents is 3.